The van der Waals surface area contributed by atoms with Gasteiger partial charge in [-0.1, -0.05) is 41.9 Å². The van der Waals surface area contributed by atoms with Crippen LogP contribution in [0.3, 0.4) is 0 Å². The molecule has 1 aliphatic heterocycles. The van der Waals surface area contributed by atoms with Crippen molar-refractivity contribution in [2.24, 2.45) is 4.99 Å². The molecule has 7 heteroatoms. The maximum atomic E-state index is 12.7. The molecule has 0 radical (unpaired) electrons. The first-order valence-corrected chi connectivity index (χ1v) is 9.00. The molecule has 0 N–H and O–H groups in total. The highest BCUT2D eigenvalue weighted by atomic mass is 35.5. The van der Waals surface area contributed by atoms with Gasteiger partial charge in [0.2, 0.25) is 6.04 Å². The molecule has 1 aliphatic rings. The minimum absolute atomic E-state index is 0.265. The van der Waals surface area contributed by atoms with Crippen LogP contribution in [-0.4, -0.2) is 33.1 Å². The second-order valence-electron chi connectivity index (χ2n) is 6.10. The van der Waals surface area contributed by atoms with Gasteiger partial charge in [-0.25, -0.2) is 4.79 Å². The van der Waals surface area contributed by atoms with Gasteiger partial charge in [0, 0.05) is 16.1 Å². The average molecular weight is 381 g/mol. The zero-order valence-electron chi connectivity index (χ0n) is 14.9. The molecule has 3 aromatic rings. The summed E-state index contributed by atoms with van der Waals surface area (Å²) in [6, 6.07) is 14.3. The van der Waals surface area contributed by atoms with Crippen LogP contribution in [0.1, 0.15) is 35.7 Å². The standard InChI is InChI=1S/C20H17ClN4O2/c1-3-27-20(26)18-19-24-23-12(2)25(19)16-7-5-4-6-15(16)17(22-18)13-8-10-14(21)11-9-13/h4-11,18H,3H2,1-2H3. The summed E-state index contributed by atoms with van der Waals surface area (Å²) in [7, 11) is 0. The zero-order chi connectivity index (χ0) is 19.0. The molecule has 0 saturated heterocycles. The van der Waals surface area contributed by atoms with Crippen LogP contribution in [-0.2, 0) is 9.53 Å². The molecule has 0 bridgehead atoms. The summed E-state index contributed by atoms with van der Waals surface area (Å²) in [5.41, 5.74) is 3.30. The summed E-state index contributed by atoms with van der Waals surface area (Å²) < 4.78 is 7.12. The highest BCUT2D eigenvalue weighted by Gasteiger charge is 2.33. The van der Waals surface area contributed by atoms with E-state index in [9.17, 15) is 4.79 Å². The first-order valence-electron chi connectivity index (χ1n) is 8.62. The summed E-state index contributed by atoms with van der Waals surface area (Å²) in [5.74, 6) is 0.673. The van der Waals surface area contributed by atoms with E-state index >= 15 is 0 Å². The van der Waals surface area contributed by atoms with Crippen molar-refractivity contribution in [3.05, 3.63) is 76.3 Å². The Balaban J connectivity index is 2.00. The second-order valence-corrected chi connectivity index (χ2v) is 6.53. The number of carbonyl (C=O) groups excluding carboxylic acids is 1. The van der Waals surface area contributed by atoms with Gasteiger partial charge in [0.1, 0.15) is 5.82 Å². The number of halogens is 1. The molecule has 1 unspecified atom stereocenters. The number of carbonyl (C=O) groups is 1. The number of esters is 1. The summed E-state index contributed by atoms with van der Waals surface area (Å²) in [4.78, 5) is 17.4. The lowest BCUT2D eigenvalue weighted by atomic mass is 10.0. The number of hydrogen-bond acceptors (Lipinski definition) is 5. The van der Waals surface area contributed by atoms with Gasteiger partial charge in [0.15, 0.2) is 5.82 Å². The van der Waals surface area contributed by atoms with Crippen LogP contribution in [0.4, 0.5) is 0 Å². The molecular weight excluding hydrogens is 364 g/mol. The van der Waals surface area contributed by atoms with Crippen molar-refractivity contribution in [3.8, 4) is 5.69 Å². The number of ether oxygens (including phenoxy) is 1. The average Bonchev–Trinajstić information content (AvgIpc) is 2.97. The third-order valence-electron chi connectivity index (χ3n) is 4.38. The van der Waals surface area contributed by atoms with E-state index in [2.05, 4.69) is 10.2 Å². The normalized spacial score (nSPS) is 15.4. The molecule has 0 fully saturated rings. The van der Waals surface area contributed by atoms with Crippen molar-refractivity contribution in [2.45, 2.75) is 19.9 Å². The van der Waals surface area contributed by atoms with Crippen LogP contribution in [0.2, 0.25) is 5.02 Å². The van der Waals surface area contributed by atoms with Crippen molar-refractivity contribution in [1.82, 2.24) is 14.8 Å². The predicted molar refractivity (Wildman–Crippen MR) is 103 cm³/mol. The molecule has 1 atom stereocenters. The number of aliphatic imine (C=N–C) groups is 1. The Morgan fingerprint density at radius 1 is 1.15 bits per heavy atom. The van der Waals surface area contributed by atoms with Crippen LogP contribution >= 0.6 is 11.6 Å². The fraction of sp³-hybridized carbons (Fsp3) is 0.200. The van der Waals surface area contributed by atoms with Crippen LogP contribution in [0.25, 0.3) is 5.69 Å². The van der Waals surface area contributed by atoms with E-state index < -0.39 is 12.0 Å². The molecular formula is C20H17ClN4O2. The van der Waals surface area contributed by atoms with Gasteiger partial charge in [-0.05, 0) is 32.0 Å². The Bertz CT molecular complexity index is 1040. The highest BCUT2D eigenvalue weighted by Crippen LogP contribution is 2.31. The SMILES string of the molecule is CCOC(=O)C1N=C(c2ccc(Cl)cc2)c2ccccc2-n2c(C)nnc21. The zero-order valence-corrected chi connectivity index (χ0v) is 15.6. The second kappa shape index (κ2) is 6.96. The van der Waals surface area contributed by atoms with E-state index in [1.54, 1.807) is 19.1 Å². The third kappa shape index (κ3) is 3.02. The molecule has 0 spiro atoms. The Hall–Kier alpha value is -2.99. The molecule has 2 aromatic carbocycles. The van der Waals surface area contributed by atoms with E-state index in [4.69, 9.17) is 21.3 Å². The minimum Gasteiger partial charge on any atom is -0.464 e. The van der Waals surface area contributed by atoms with E-state index in [0.29, 0.717) is 22.4 Å². The fourth-order valence-corrected chi connectivity index (χ4v) is 3.32. The van der Waals surface area contributed by atoms with E-state index in [-0.39, 0.29) is 6.61 Å². The van der Waals surface area contributed by atoms with Gasteiger partial charge in [-0.15, -0.1) is 10.2 Å². The number of benzene rings is 2. The Labute approximate surface area is 161 Å². The lowest BCUT2D eigenvalue weighted by Crippen LogP contribution is -2.18. The third-order valence-corrected chi connectivity index (χ3v) is 4.63. The van der Waals surface area contributed by atoms with Crippen LogP contribution in [0.15, 0.2) is 53.5 Å². The molecule has 0 aliphatic carbocycles. The number of para-hydroxylation sites is 1. The molecule has 2 heterocycles. The number of nitrogens with zero attached hydrogens (tertiary/aromatic N) is 4. The van der Waals surface area contributed by atoms with Gasteiger partial charge >= 0.3 is 5.97 Å². The maximum Gasteiger partial charge on any atom is 0.338 e. The number of fused-ring (bicyclic) bond motifs is 3. The van der Waals surface area contributed by atoms with Gasteiger partial charge in [-0.2, -0.15) is 0 Å². The Kier molecular flexibility index (Phi) is 4.49. The maximum absolute atomic E-state index is 12.7. The van der Waals surface area contributed by atoms with Gasteiger partial charge in [0.05, 0.1) is 18.0 Å². The first-order chi connectivity index (χ1) is 13.1. The number of aromatic nitrogens is 3. The summed E-state index contributed by atoms with van der Waals surface area (Å²) in [6.45, 7) is 3.88. The molecule has 1 aromatic heterocycles. The highest BCUT2D eigenvalue weighted by molar-refractivity contribution is 6.30. The van der Waals surface area contributed by atoms with Gasteiger partial charge in [-0.3, -0.25) is 9.56 Å². The summed E-state index contributed by atoms with van der Waals surface area (Å²) >= 11 is 6.04. The molecule has 0 saturated carbocycles. The predicted octanol–water partition coefficient (Wildman–Crippen LogP) is 3.68. The van der Waals surface area contributed by atoms with Gasteiger partial charge < -0.3 is 4.74 Å². The molecule has 136 valence electrons. The Morgan fingerprint density at radius 3 is 2.63 bits per heavy atom. The molecule has 6 nitrogen and oxygen atoms in total. The van der Waals surface area contributed by atoms with Crippen molar-refractivity contribution in [2.75, 3.05) is 6.61 Å². The van der Waals surface area contributed by atoms with E-state index in [1.807, 2.05) is 47.9 Å². The topological polar surface area (TPSA) is 69.4 Å². The van der Waals surface area contributed by atoms with E-state index in [0.717, 1.165) is 16.8 Å². The quantitative estimate of drug-likeness (QED) is 0.650. The smallest absolute Gasteiger partial charge is 0.338 e. The number of rotatable bonds is 3. The summed E-state index contributed by atoms with van der Waals surface area (Å²) in [6.07, 6.45) is 0. The van der Waals surface area contributed by atoms with Crippen LogP contribution in [0.5, 0.6) is 0 Å². The van der Waals surface area contributed by atoms with Crippen LogP contribution < -0.4 is 0 Å². The lowest BCUT2D eigenvalue weighted by Gasteiger charge is -2.12. The fourth-order valence-electron chi connectivity index (χ4n) is 3.20. The Morgan fingerprint density at radius 2 is 1.89 bits per heavy atom. The van der Waals surface area contributed by atoms with Crippen molar-refractivity contribution in [1.29, 1.82) is 0 Å². The van der Waals surface area contributed by atoms with Crippen molar-refractivity contribution < 1.29 is 9.53 Å². The van der Waals surface area contributed by atoms with Gasteiger partial charge in [0.25, 0.3) is 0 Å². The number of aryl methyl sites for hydroxylation is 1. The molecule has 4 rings (SSSR count). The number of hydrogen-bond donors (Lipinski definition) is 0. The van der Waals surface area contributed by atoms with Crippen molar-refractivity contribution in [3.63, 3.8) is 0 Å². The van der Waals surface area contributed by atoms with Crippen molar-refractivity contribution >= 4 is 23.3 Å². The van der Waals surface area contributed by atoms with E-state index in [1.165, 1.54) is 0 Å². The lowest BCUT2D eigenvalue weighted by molar-refractivity contribution is -0.144. The summed E-state index contributed by atoms with van der Waals surface area (Å²) in [5, 5.41) is 9.02. The first kappa shape index (κ1) is 17.4. The minimum atomic E-state index is -0.899. The molecule has 0 amide bonds. The van der Waals surface area contributed by atoms with Crippen LogP contribution in [0, 0.1) is 6.92 Å². The largest absolute Gasteiger partial charge is 0.464 e. The monoisotopic (exact) mass is 380 g/mol. The molecule has 27 heavy (non-hydrogen) atoms.